The van der Waals surface area contributed by atoms with E-state index in [1.54, 1.807) is 0 Å². The van der Waals surface area contributed by atoms with Crippen LogP contribution in [0.4, 0.5) is 0 Å². The molecule has 4 heteroatoms. The van der Waals surface area contributed by atoms with E-state index in [-0.39, 0.29) is 25.6 Å². The van der Waals surface area contributed by atoms with E-state index in [1.807, 2.05) is 24.3 Å². The second-order valence-corrected chi connectivity index (χ2v) is 7.04. The number of hydrogen-bond donors (Lipinski definition) is 0. The fourth-order valence-corrected chi connectivity index (χ4v) is 3.59. The van der Waals surface area contributed by atoms with E-state index in [1.165, 1.54) is 19.1 Å². The van der Waals surface area contributed by atoms with Crippen molar-refractivity contribution in [3.05, 3.63) is 85.0 Å². The van der Waals surface area contributed by atoms with Crippen molar-refractivity contribution >= 4 is 11.9 Å². The lowest BCUT2D eigenvalue weighted by Crippen LogP contribution is -2.39. The van der Waals surface area contributed by atoms with Gasteiger partial charge in [0, 0.05) is 5.92 Å². The fourth-order valence-electron chi connectivity index (χ4n) is 3.59. The SMILES string of the molecule is C=CCOC(=O)C(C)(CC=C)C(=O)OCC1c2ccccc2-c2ccccc21. The summed E-state index contributed by atoms with van der Waals surface area (Å²) < 4.78 is 10.8. The number of fused-ring (bicyclic) bond motifs is 3. The lowest BCUT2D eigenvalue weighted by molar-refractivity contribution is -0.170. The van der Waals surface area contributed by atoms with Gasteiger partial charge in [0.2, 0.25) is 0 Å². The summed E-state index contributed by atoms with van der Waals surface area (Å²) in [5.41, 5.74) is 3.12. The van der Waals surface area contributed by atoms with E-state index in [4.69, 9.17) is 9.47 Å². The van der Waals surface area contributed by atoms with Gasteiger partial charge in [0.05, 0.1) is 0 Å². The topological polar surface area (TPSA) is 52.6 Å². The van der Waals surface area contributed by atoms with Gasteiger partial charge in [-0.3, -0.25) is 9.59 Å². The van der Waals surface area contributed by atoms with Crippen molar-refractivity contribution in [1.29, 1.82) is 0 Å². The summed E-state index contributed by atoms with van der Waals surface area (Å²) in [5.74, 6) is -1.30. The van der Waals surface area contributed by atoms with E-state index >= 15 is 0 Å². The van der Waals surface area contributed by atoms with E-state index in [0.29, 0.717) is 0 Å². The Hall–Kier alpha value is -3.14. The Morgan fingerprint density at radius 3 is 2.00 bits per heavy atom. The van der Waals surface area contributed by atoms with E-state index in [0.717, 1.165) is 22.3 Å². The standard InChI is InChI=1S/C24H24O4/c1-4-14-24(3,22(25)27-15-5-2)23(26)28-16-21-19-12-8-6-10-17(19)18-11-7-9-13-20(18)21/h4-13,21H,1-2,14-16H2,3H3. The molecule has 0 spiro atoms. The van der Waals surface area contributed by atoms with Gasteiger partial charge in [-0.05, 0) is 35.6 Å². The number of hydrogen-bond acceptors (Lipinski definition) is 4. The highest BCUT2D eigenvalue weighted by Gasteiger charge is 2.44. The zero-order valence-electron chi connectivity index (χ0n) is 16.0. The fraction of sp³-hybridized carbons (Fsp3) is 0.250. The van der Waals surface area contributed by atoms with Crippen LogP contribution in [0.15, 0.2) is 73.8 Å². The number of allylic oxidation sites excluding steroid dienone is 1. The zero-order valence-corrected chi connectivity index (χ0v) is 16.0. The molecule has 0 saturated heterocycles. The van der Waals surface area contributed by atoms with Crippen LogP contribution in [0.5, 0.6) is 0 Å². The number of rotatable bonds is 8. The molecule has 0 saturated carbocycles. The molecule has 0 aliphatic heterocycles. The summed E-state index contributed by atoms with van der Waals surface area (Å²) in [6.07, 6.45) is 3.13. The summed E-state index contributed by atoms with van der Waals surface area (Å²) in [6, 6.07) is 16.2. The molecule has 4 nitrogen and oxygen atoms in total. The summed E-state index contributed by atoms with van der Waals surface area (Å²) in [4.78, 5) is 25.3. The summed E-state index contributed by atoms with van der Waals surface area (Å²) in [5, 5.41) is 0. The smallest absolute Gasteiger partial charge is 0.323 e. The first-order valence-corrected chi connectivity index (χ1v) is 9.27. The van der Waals surface area contributed by atoms with Crippen molar-refractivity contribution in [1.82, 2.24) is 0 Å². The molecular formula is C24H24O4. The molecule has 3 rings (SSSR count). The maximum Gasteiger partial charge on any atom is 0.323 e. The van der Waals surface area contributed by atoms with Crippen LogP contribution in [-0.2, 0) is 19.1 Å². The normalized spacial score (nSPS) is 14.3. The van der Waals surface area contributed by atoms with Gasteiger partial charge in [0.25, 0.3) is 0 Å². The predicted molar refractivity (Wildman–Crippen MR) is 109 cm³/mol. The second-order valence-electron chi connectivity index (χ2n) is 7.04. The molecule has 1 aliphatic rings. The molecule has 0 N–H and O–H groups in total. The van der Waals surface area contributed by atoms with Crippen LogP contribution in [0, 0.1) is 5.41 Å². The summed E-state index contributed by atoms with van der Waals surface area (Å²) >= 11 is 0. The van der Waals surface area contributed by atoms with E-state index < -0.39 is 17.4 Å². The number of carbonyl (C=O) groups excluding carboxylic acids is 2. The maximum atomic E-state index is 12.8. The van der Waals surface area contributed by atoms with Crippen molar-refractivity contribution in [2.24, 2.45) is 5.41 Å². The highest BCUT2D eigenvalue weighted by atomic mass is 16.6. The average molecular weight is 376 g/mol. The van der Waals surface area contributed by atoms with Crippen LogP contribution in [-0.4, -0.2) is 25.2 Å². The third-order valence-electron chi connectivity index (χ3n) is 5.13. The molecule has 0 heterocycles. The van der Waals surface area contributed by atoms with Crippen molar-refractivity contribution in [2.75, 3.05) is 13.2 Å². The molecule has 2 aromatic carbocycles. The Bertz CT molecular complexity index is 869. The maximum absolute atomic E-state index is 12.8. The van der Waals surface area contributed by atoms with Gasteiger partial charge >= 0.3 is 11.9 Å². The number of carbonyl (C=O) groups is 2. The largest absolute Gasteiger partial charge is 0.464 e. The van der Waals surface area contributed by atoms with Crippen LogP contribution in [0.25, 0.3) is 11.1 Å². The van der Waals surface area contributed by atoms with Crippen LogP contribution < -0.4 is 0 Å². The van der Waals surface area contributed by atoms with E-state index in [9.17, 15) is 9.59 Å². The van der Waals surface area contributed by atoms with Crippen molar-refractivity contribution in [2.45, 2.75) is 19.3 Å². The minimum Gasteiger partial charge on any atom is -0.464 e. The Labute approximate surface area is 165 Å². The molecule has 0 aromatic heterocycles. The lowest BCUT2D eigenvalue weighted by atomic mass is 9.87. The minimum absolute atomic E-state index is 0.0439. The quantitative estimate of drug-likeness (QED) is 0.382. The van der Waals surface area contributed by atoms with Crippen LogP contribution >= 0.6 is 0 Å². The van der Waals surface area contributed by atoms with Crippen LogP contribution in [0.1, 0.15) is 30.4 Å². The third-order valence-corrected chi connectivity index (χ3v) is 5.13. The summed E-state index contributed by atoms with van der Waals surface area (Å²) in [6.45, 7) is 8.91. The monoisotopic (exact) mass is 376 g/mol. The van der Waals surface area contributed by atoms with E-state index in [2.05, 4.69) is 37.4 Å². The molecule has 0 bridgehead atoms. The molecule has 2 aromatic rings. The van der Waals surface area contributed by atoms with Gasteiger partial charge in [0.1, 0.15) is 13.2 Å². The number of ether oxygens (including phenoxy) is 2. The molecule has 1 atom stereocenters. The predicted octanol–water partition coefficient (Wildman–Crippen LogP) is 4.65. The van der Waals surface area contributed by atoms with Crippen LogP contribution in [0.3, 0.4) is 0 Å². The third kappa shape index (κ3) is 3.50. The van der Waals surface area contributed by atoms with Crippen molar-refractivity contribution in [3.63, 3.8) is 0 Å². The Morgan fingerprint density at radius 1 is 0.929 bits per heavy atom. The zero-order chi connectivity index (χ0) is 20.1. The van der Waals surface area contributed by atoms with Gasteiger partial charge < -0.3 is 9.47 Å². The van der Waals surface area contributed by atoms with Gasteiger partial charge in [-0.1, -0.05) is 67.3 Å². The molecular weight excluding hydrogens is 352 g/mol. The lowest BCUT2D eigenvalue weighted by Gasteiger charge is -2.25. The Morgan fingerprint density at radius 2 is 1.46 bits per heavy atom. The van der Waals surface area contributed by atoms with Gasteiger partial charge in [-0.25, -0.2) is 0 Å². The first kappa shape index (κ1) is 19.6. The Kier molecular flexibility index (Phi) is 5.78. The summed E-state index contributed by atoms with van der Waals surface area (Å²) in [7, 11) is 0. The molecule has 1 unspecified atom stereocenters. The second kappa shape index (κ2) is 8.26. The highest BCUT2D eigenvalue weighted by molar-refractivity contribution is 5.99. The molecule has 0 radical (unpaired) electrons. The number of benzene rings is 2. The van der Waals surface area contributed by atoms with Crippen molar-refractivity contribution < 1.29 is 19.1 Å². The van der Waals surface area contributed by atoms with Crippen molar-refractivity contribution in [3.8, 4) is 11.1 Å². The average Bonchev–Trinajstić information content (AvgIpc) is 3.04. The number of esters is 2. The molecule has 144 valence electrons. The molecule has 0 amide bonds. The molecule has 0 fully saturated rings. The first-order chi connectivity index (χ1) is 13.5. The molecule has 28 heavy (non-hydrogen) atoms. The van der Waals surface area contributed by atoms with Gasteiger partial charge in [-0.15, -0.1) is 6.58 Å². The van der Waals surface area contributed by atoms with Gasteiger partial charge in [0.15, 0.2) is 5.41 Å². The van der Waals surface area contributed by atoms with Gasteiger partial charge in [-0.2, -0.15) is 0 Å². The first-order valence-electron chi connectivity index (χ1n) is 9.27. The minimum atomic E-state index is -1.43. The van der Waals surface area contributed by atoms with Crippen LogP contribution in [0.2, 0.25) is 0 Å². The Balaban J connectivity index is 1.81. The highest BCUT2D eigenvalue weighted by Crippen LogP contribution is 2.44. The molecule has 1 aliphatic carbocycles.